The third-order valence-corrected chi connectivity index (χ3v) is 3.37. The first-order valence-electron chi connectivity index (χ1n) is 8.13. The highest BCUT2D eigenvalue weighted by atomic mass is 16.4. The molecule has 1 aromatic carbocycles. The highest BCUT2D eigenvalue weighted by Gasteiger charge is 2.24. The molecule has 0 fully saturated rings. The Morgan fingerprint density at radius 1 is 1.04 bits per heavy atom. The summed E-state index contributed by atoms with van der Waals surface area (Å²) in [6.07, 6.45) is 4.68. The van der Waals surface area contributed by atoms with E-state index in [9.17, 15) is 9.90 Å². The first kappa shape index (κ1) is 21.2. The second kappa shape index (κ2) is 8.76. The topological polar surface area (TPSA) is 57.5 Å². The number of carboxylic acids is 1. The number of benzene rings is 1. The van der Waals surface area contributed by atoms with E-state index in [0.717, 1.165) is 24.0 Å². The van der Waals surface area contributed by atoms with Crippen LogP contribution >= 0.6 is 0 Å². The van der Waals surface area contributed by atoms with Crippen molar-refractivity contribution in [1.82, 2.24) is 0 Å². The fourth-order valence-corrected chi connectivity index (χ4v) is 2.10. The van der Waals surface area contributed by atoms with E-state index >= 15 is 0 Å². The maximum atomic E-state index is 10.3. The molecule has 3 heteroatoms. The van der Waals surface area contributed by atoms with Crippen molar-refractivity contribution >= 4 is 5.97 Å². The van der Waals surface area contributed by atoms with Crippen LogP contribution in [0.15, 0.2) is 30.4 Å². The van der Waals surface area contributed by atoms with Crippen LogP contribution in [0.1, 0.15) is 72.4 Å². The van der Waals surface area contributed by atoms with Crippen LogP contribution in [0.25, 0.3) is 0 Å². The minimum absolute atomic E-state index is 0.00859. The smallest absolute Gasteiger partial charge is 0.327 e. The van der Waals surface area contributed by atoms with Gasteiger partial charge in [-0.3, -0.25) is 0 Å². The van der Waals surface area contributed by atoms with Gasteiger partial charge in [-0.1, -0.05) is 79.2 Å². The molecule has 0 atom stereocenters. The predicted octanol–water partition coefficient (Wildman–Crippen LogP) is 5.41. The van der Waals surface area contributed by atoms with Crippen molar-refractivity contribution in [3.63, 3.8) is 0 Å². The first-order valence-corrected chi connectivity index (χ1v) is 8.13. The number of rotatable bonds is 3. The van der Waals surface area contributed by atoms with Crippen LogP contribution in [0.4, 0.5) is 0 Å². The molecule has 0 aliphatic rings. The Morgan fingerprint density at radius 2 is 1.48 bits per heavy atom. The lowest BCUT2D eigenvalue weighted by atomic mass is 9.80. The monoisotopic (exact) mass is 320 g/mol. The fourth-order valence-electron chi connectivity index (χ4n) is 2.10. The van der Waals surface area contributed by atoms with Crippen LogP contribution in [0.3, 0.4) is 0 Å². The normalized spacial score (nSPS) is 12.0. The van der Waals surface area contributed by atoms with Crippen molar-refractivity contribution in [3.8, 4) is 5.75 Å². The third kappa shape index (κ3) is 7.87. The lowest BCUT2D eigenvalue weighted by Crippen LogP contribution is -2.16. The van der Waals surface area contributed by atoms with E-state index in [-0.39, 0.29) is 10.8 Å². The van der Waals surface area contributed by atoms with Gasteiger partial charge in [-0.05, 0) is 28.4 Å². The molecule has 0 aliphatic heterocycles. The SMILES string of the molecule is CC(C)(C)c1cccc(C(C)(C)C)c1O.CCCC=CC(=O)O. The summed E-state index contributed by atoms with van der Waals surface area (Å²) in [5, 5.41) is 18.3. The number of carbonyl (C=O) groups is 1. The molecule has 0 saturated heterocycles. The molecule has 0 saturated carbocycles. The number of unbranched alkanes of at least 4 members (excludes halogenated alkanes) is 1. The summed E-state index contributed by atoms with van der Waals surface area (Å²) < 4.78 is 0. The number of hydrogen-bond acceptors (Lipinski definition) is 2. The summed E-state index contributed by atoms with van der Waals surface area (Å²) >= 11 is 0. The molecule has 130 valence electrons. The number of hydrogen-bond donors (Lipinski definition) is 2. The minimum atomic E-state index is -0.863. The lowest BCUT2D eigenvalue weighted by molar-refractivity contribution is -0.131. The number of phenolic OH excluding ortho intramolecular Hbond substituents is 1. The highest BCUT2D eigenvalue weighted by molar-refractivity contribution is 5.79. The van der Waals surface area contributed by atoms with Crippen LogP contribution in [0.5, 0.6) is 5.75 Å². The molecule has 1 rings (SSSR count). The first-order chi connectivity index (χ1) is 10.4. The molecular formula is C20H32O3. The van der Waals surface area contributed by atoms with E-state index in [0.29, 0.717) is 5.75 Å². The molecule has 0 heterocycles. The summed E-state index contributed by atoms with van der Waals surface area (Å²) in [7, 11) is 0. The second-order valence-corrected chi connectivity index (χ2v) is 7.73. The van der Waals surface area contributed by atoms with Gasteiger partial charge in [0.15, 0.2) is 0 Å². The van der Waals surface area contributed by atoms with Gasteiger partial charge in [0.2, 0.25) is 0 Å². The van der Waals surface area contributed by atoms with Crippen molar-refractivity contribution in [2.24, 2.45) is 0 Å². The van der Waals surface area contributed by atoms with Gasteiger partial charge >= 0.3 is 5.97 Å². The molecule has 0 aliphatic carbocycles. The van der Waals surface area contributed by atoms with Crippen molar-refractivity contribution < 1.29 is 15.0 Å². The Labute approximate surface area is 141 Å². The van der Waals surface area contributed by atoms with Gasteiger partial charge in [0.05, 0.1) is 0 Å². The molecule has 0 unspecified atom stereocenters. The Hall–Kier alpha value is -1.77. The number of aliphatic carboxylic acids is 1. The summed E-state index contributed by atoms with van der Waals surface area (Å²) in [6, 6.07) is 6.04. The second-order valence-electron chi connectivity index (χ2n) is 7.73. The average Bonchev–Trinajstić information content (AvgIpc) is 2.37. The number of phenols is 1. The third-order valence-electron chi connectivity index (χ3n) is 3.37. The zero-order valence-corrected chi connectivity index (χ0v) is 15.6. The molecule has 0 radical (unpaired) electrons. The summed E-state index contributed by atoms with van der Waals surface area (Å²) in [5.74, 6) is -0.407. The lowest BCUT2D eigenvalue weighted by Gasteiger charge is -2.26. The van der Waals surface area contributed by atoms with E-state index in [1.165, 1.54) is 6.08 Å². The largest absolute Gasteiger partial charge is 0.507 e. The van der Waals surface area contributed by atoms with Gasteiger partial charge in [0, 0.05) is 6.08 Å². The van der Waals surface area contributed by atoms with Crippen LogP contribution in [-0.2, 0) is 15.6 Å². The van der Waals surface area contributed by atoms with Gasteiger partial charge in [0.25, 0.3) is 0 Å². The highest BCUT2D eigenvalue weighted by Crippen LogP contribution is 2.38. The molecule has 2 N–H and O–H groups in total. The number of allylic oxidation sites excluding steroid dienone is 1. The maximum Gasteiger partial charge on any atom is 0.327 e. The van der Waals surface area contributed by atoms with Gasteiger partial charge in [-0.25, -0.2) is 4.79 Å². The molecule has 0 spiro atoms. The maximum absolute atomic E-state index is 10.3. The zero-order chi connectivity index (χ0) is 18.3. The minimum Gasteiger partial charge on any atom is -0.507 e. The molecular weight excluding hydrogens is 288 g/mol. The quantitative estimate of drug-likeness (QED) is 0.732. The van der Waals surface area contributed by atoms with Gasteiger partial charge in [-0.15, -0.1) is 0 Å². The molecule has 0 amide bonds. The standard InChI is InChI=1S/C14H22O.C6H10O2/c1-13(2,3)10-8-7-9-11(12(10)15)14(4,5)6;1-2-3-4-5-6(7)8/h7-9,15H,1-6H3;4-5H,2-3H2,1H3,(H,7,8). The van der Waals surface area contributed by atoms with Crippen molar-refractivity contribution in [1.29, 1.82) is 0 Å². The van der Waals surface area contributed by atoms with Crippen molar-refractivity contribution in [2.45, 2.75) is 72.1 Å². The summed E-state index contributed by atoms with van der Waals surface area (Å²) in [4.78, 5) is 9.79. The van der Waals surface area contributed by atoms with E-state index in [4.69, 9.17) is 5.11 Å². The van der Waals surface area contributed by atoms with Crippen LogP contribution < -0.4 is 0 Å². The molecule has 3 nitrogen and oxygen atoms in total. The van der Waals surface area contributed by atoms with Gasteiger partial charge in [0.1, 0.15) is 5.75 Å². The van der Waals surface area contributed by atoms with E-state index < -0.39 is 5.97 Å². The van der Waals surface area contributed by atoms with E-state index in [1.54, 1.807) is 6.08 Å². The number of aromatic hydroxyl groups is 1. The fraction of sp³-hybridized carbons (Fsp3) is 0.550. The van der Waals surface area contributed by atoms with Crippen LogP contribution in [0, 0.1) is 0 Å². The average molecular weight is 320 g/mol. The summed E-state index contributed by atoms with van der Waals surface area (Å²) in [5.41, 5.74) is 2.03. The Morgan fingerprint density at radius 3 is 1.78 bits per heavy atom. The van der Waals surface area contributed by atoms with Crippen LogP contribution in [-0.4, -0.2) is 16.2 Å². The van der Waals surface area contributed by atoms with Gasteiger partial charge < -0.3 is 10.2 Å². The number of para-hydroxylation sites is 1. The Bertz CT molecular complexity index is 497. The van der Waals surface area contributed by atoms with Crippen LogP contribution in [0.2, 0.25) is 0 Å². The molecule has 0 aromatic heterocycles. The zero-order valence-electron chi connectivity index (χ0n) is 15.6. The van der Waals surface area contributed by atoms with E-state index in [2.05, 4.69) is 41.5 Å². The Balaban J connectivity index is 0.000000515. The number of carboxylic acid groups (broad SMARTS) is 1. The van der Waals surface area contributed by atoms with Crippen molar-refractivity contribution in [3.05, 3.63) is 41.5 Å². The Kier molecular flexibility index (Phi) is 8.08. The molecule has 1 aromatic rings. The molecule has 0 bridgehead atoms. The van der Waals surface area contributed by atoms with Crippen molar-refractivity contribution in [2.75, 3.05) is 0 Å². The van der Waals surface area contributed by atoms with Gasteiger partial charge in [-0.2, -0.15) is 0 Å². The molecule has 23 heavy (non-hydrogen) atoms. The van der Waals surface area contributed by atoms with E-state index in [1.807, 2.05) is 25.1 Å². The predicted molar refractivity (Wildman–Crippen MR) is 97.2 cm³/mol. The summed E-state index contributed by atoms with van der Waals surface area (Å²) in [6.45, 7) is 14.7.